The molecule has 0 unspecified atom stereocenters. The SMILES string of the molecule is CN(C)CCOc1cc(F)cc(-c2cncc3[nH]c(-c4n[nH]c5ccc(-c6cncc(NC(=O)CC7CCNCC7)c6)nc45)cc23)c1. The molecule has 47 heavy (non-hydrogen) atoms. The zero-order chi connectivity index (χ0) is 32.3. The summed E-state index contributed by atoms with van der Waals surface area (Å²) in [6.07, 6.45) is 9.36. The molecular weight excluding hydrogens is 597 g/mol. The third-order valence-corrected chi connectivity index (χ3v) is 8.45. The first-order valence-electron chi connectivity index (χ1n) is 15.8. The average Bonchev–Trinajstić information content (AvgIpc) is 3.69. The van der Waals surface area contributed by atoms with Gasteiger partial charge in [-0.05, 0) is 87.9 Å². The van der Waals surface area contributed by atoms with Crippen LogP contribution in [0.4, 0.5) is 10.1 Å². The van der Waals surface area contributed by atoms with Crippen LogP contribution in [0.2, 0.25) is 0 Å². The highest BCUT2D eigenvalue weighted by atomic mass is 19.1. The number of carbonyl (C=O) groups is 1. The summed E-state index contributed by atoms with van der Waals surface area (Å²) in [5.41, 5.74) is 7.12. The monoisotopic (exact) mass is 633 g/mol. The predicted molar refractivity (Wildman–Crippen MR) is 180 cm³/mol. The number of carbonyl (C=O) groups excluding carboxylic acids is 1. The van der Waals surface area contributed by atoms with Crippen LogP contribution in [0.3, 0.4) is 0 Å². The summed E-state index contributed by atoms with van der Waals surface area (Å²) in [6.45, 7) is 3.07. The van der Waals surface area contributed by atoms with Crippen molar-refractivity contribution >= 4 is 33.5 Å². The molecule has 240 valence electrons. The first-order valence-corrected chi connectivity index (χ1v) is 15.8. The molecule has 0 radical (unpaired) electrons. The number of likely N-dealkylation sites (N-methyl/N-ethyl adjacent to an activating group) is 1. The van der Waals surface area contributed by atoms with Crippen LogP contribution in [0.1, 0.15) is 19.3 Å². The molecule has 1 amide bonds. The maximum Gasteiger partial charge on any atom is 0.224 e. The standard InChI is InChI=1S/C35H36FN9O2/c1-45(2)9-10-47-26-14-22(12-24(36)15-26)28-19-39-20-32-27(28)16-31(41-32)35-34-30(43-44-35)4-3-29(42-34)23-13-25(18-38-17-23)40-33(46)11-21-5-7-37-8-6-21/h3-4,12-21,37,41H,5-11H2,1-2H3,(H,40,46)(H,43,44). The lowest BCUT2D eigenvalue weighted by Crippen LogP contribution is -2.30. The molecule has 11 nitrogen and oxygen atoms in total. The van der Waals surface area contributed by atoms with Crippen LogP contribution in [0.5, 0.6) is 5.75 Å². The normalized spacial score (nSPS) is 13.9. The molecule has 0 saturated carbocycles. The second-order valence-electron chi connectivity index (χ2n) is 12.2. The third-order valence-electron chi connectivity index (χ3n) is 8.45. The largest absolute Gasteiger partial charge is 0.492 e. The zero-order valence-corrected chi connectivity index (χ0v) is 26.3. The van der Waals surface area contributed by atoms with Gasteiger partial charge in [0.05, 0.1) is 40.5 Å². The molecule has 0 atom stereocenters. The molecule has 1 aliphatic heterocycles. The topological polar surface area (TPSA) is 137 Å². The van der Waals surface area contributed by atoms with Crippen LogP contribution in [0.15, 0.2) is 67.3 Å². The molecule has 4 N–H and O–H groups in total. The maximum absolute atomic E-state index is 14.7. The van der Waals surface area contributed by atoms with Crippen LogP contribution in [0.25, 0.3) is 55.7 Å². The fourth-order valence-corrected chi connectivity index (χ4v) is 6.01. The fourth-order valence-electron chi connectivity index (χ4n) is 6.01. The molecular formula is C35H36FN9O2. The van der Waals surface area contributed by atoms with Gasteiger partial charge in [-0.2, -0.15) is 5.10 Å². The fraction of sp³-hybridized carbons (Fsp3) is 0.286. The van der Waals surface area contributed by atoms with Crippen LogP contribution in [-0.4, -0.2) is 81.3 Å². The van der Waals surface area contributed by atoms with E-state index in [2.05, 4.69) is 35.8 Å². The minimum Gasteiger partial charge on any atom is -0.492 e. The van der Waals surface area contributed by atoms with Gasteiger partial charge in [-0.25, -0.2) is 9.37 Å². The molecule has 1 fully saturated rings. The number of halogens is 1. The highest BCUT2D eigenvalue weighted by Crippen LogP contribution is 2.35. The van der Waals surface area contributed by atoms with Crippen molar-refractivity contribution in [1.29, 1.82) is 0 Å². The number of aromatic nitrogens is 6. The second-order valence-corrected chi connectivity index (χ2v) is 12.2. The molecule has 7 rings (SSSR count). The average molecular weight is 634 g/mol. The van der Waals surface area contributed by atoms with E-state index in [0.717, 1.165) is 59.2 Å². The number of amides is 1. The van der Waals surface area contributed by atoms with E-state index in [1.54, 1.807) is 24.8 Å². The van der Waals surface area contributed by atoms with Crippen molar-refractivity contribution in [3.05, 3.63) is 73.1 Å². The lowest BCUT2D eigenvalue weighted by Gasteiger charge is -2.21. The van der Waals surface area contributed by atoms with Crippen molar-refractivity contribution in [2.45, 2.75) is 19.3 Å². The number of hydrogen-bond donors (Lipinski definition) is 4. The molecule has 1 aromatic carbocycles. The van der Waals surface area contributed by atoms with E-state index in [1.165, 1.54) is 12.1 Å². The molecule has 5 aromatic heterocycles. The Hall–Kier alpha value is -5.20. The highest BCUT2D eigenvalue weighted by molar-refractivity contribution is 6.00. The van der Waals surface area contributed by atoms with Gasteiger partial charge in [-0.1, -0.05) is 0 Å². The minimum atomic E-state index is -0.384. The number of rotatable bonds is 10. The van der Waals surface area contributed by atoms with E-state index in [-0.39, 0.29) is 11.7 Å². The van der Waals surface area contributed by atoms with Gasteiger partial charge in [0.15, 0.2) is 0 Å². The van der Waals surface area contributed by atoms with Crippen molar-refractivity contribution in [2.24, 2.45) is 5.92 Å². The second kappa shape index (κ2) is 13.3. The molecule has 0 spiro atoms. The Morgan fingerprint density at radius 2 is 1.85 bits per heavy atom. The maximum atomic E-state index is 14.7. The quantitative estimate of drug-likeness (QED) is 0.152. The van der Waals surface area contributed by atoms with Crippen molar-refractivity contribution in [2.75, 3.05) is 45.7 Å². The van der Waals surface area contributed by atoms with Crippen LogP contribution >= 0.6 is 0 Å². The Balaban J connectivity index is 1.16. The van der Waals surface area contributed by atoms with Gasteiger partial charge in [-0.3, -0.25) is 19.9 Å². The number of fused-ring (bicyclic) bond motifs is 2. The minimum absolute atomic E-state index is 0.00429. The van der Waals surface area contributed by atoms with Crippen molar-refractivity contribution < 1.29 is 13.9 Å². The van der Waals surface area contributed by atoms with E-state index in [0.29, 0.717) is 59.4 Å². The predicted octanol–water partition coefficient (Wildman–Crippen LogP) is 5.64. The van der Waals surface area contributed by atoms with Gasteiger partial charge in [0, 0.05) is 47.9 Å². The summed E-state index contributed by atoms with van der Waals surface area (Å²) in [4.78, 5) is 31.9. The number of ether oxygens (including phenoxy) is 1. The van der Waals surface area contributed by atoms with E-state index in [9.17, 15) is 9.18 Å². The number of nitrogens with one attached hydrogen (secondary N) is 4. The smallest absolute Gasteiger partial charge is 0.224 e. The number of anilines is 1. The van der Waals surface area contributed by atoms with E-state index in [4.69, 9.17) is 9.72 Å². The summed E-state index contributed by atoms with van der Waals surface area (Å²) in [6, 6.07) is 12.4. The Kier molecular flexibility index (Phi) is 8.60. The Bertz CT molecular complexity index is 2050. The highest BCUT2D eigenvalue weighted by Gasteiger charge is 2.19. The number of nitrogens with zero attached hydrogens (tertiary/aromatic N) is 5. The first kappa shape index (κ1) is 30.5. The summed E-state index contributed by atoms with van der Waals surface area (Å²) in [7, 11) is 3.92. The van der Waals surface area contributed by atoms with Crippen LogP contribution in [0, 0.1) is 11.7 Å². The van der Waals surface area contributed by atoms with Crippen molar-refractivity contribution in [3.8, 4) is 39.5 Å². The van der Waals surface area contributed by atoms with Crippen LogP contribution < -0.4 is 15.4 Å². The van der Waals surface area contributed by atoms with Gasteiger partial charge in [0.2, 0.25) is 5.91 Å². The van der Waals surface area contributed by atoms with Gasteiger partial charge in [0.1, 0.15) is 29.4 Å². The molecule has 1 aliphatic rings. The Morgan fingerprint density at radius 3 is 2.70 bits per heavy atom. The lowest BCUT2D eigenvalue weighted by molar-refractivity contribution is -0.117. The summed E-state index contributed by atoms with van der Waals surface area (Å²) in [5, 5.41) is 14.9. The molecule has 6 aromatic rings. The van der Waals surface area contributed by atoms with Gasteiger partial charge in [0.25, 0.3) is 0 Å². The first-order chi connectivity index (χ1) is 22.9. The number of benzene rings is 1. The van der Waals surface area contributed by atoms with E-state index in [1.807, 2.05) is 49.3 Å². The number of piperidine rings is 1. The molecule has 12 heteroatoms. The molecule has 0 bridgehead atoms. The summed E-state index contributed by atoms with van der Waals surface area (Å²) < 4.78 is 20.5. The zero-order valence-electron chi connectivity index (χ0n) is 26.3. The lowest BCUT2D eigenvalue weighted by atomic mass is 9.94. The molecule has 0 aliphatic carbocycles. The Labute approximate surface area is 271 Å². The third kappa shape index (κ3) is 6.83. The summed E-state index contributed by atoms with van der Waals surface area (Å²) in [5.74, 6) is 0.468. The number of hydrogen-bond acceptors (Lipinski definition) is 8. The summed E-state index contributed by atoms with van der Waals surface area (Å²) >= 11 is 0. The number of aromatic amines is 2. The molecule has 1 saturated heterocycles. The number of pyridine rings is 3. The Morgan fingerprint density at radius 1 is 1.00 bits per heavy atom. The van der Waals surface area contributed by atoms with Crippen LogP contribution in [-0.2, 0) is 4.79 Å². The van der Waals surface area contributed by atoms with Gasteiger partial charge >= 0.3 is 0 Å². The van der Waals surface area contributed by atoms with Crippen molar-refractivity contribution in [1.82, 2.24) is 40.3 Å². The van der Waals surface area contributed by atoms with E-state index < -0.39 is 0 Å². The van der Waals surface area contributed by atoms with E-state index >= 15 is 0 Å². The van der Waals surface area contributed by atoms with Gasteiger partial charge < -0.3 is 25.3 Å². The van der Waals surface area contributed by atoms with Gasteiger partial charge in [-0.15, -0.1) is 0 Å². The number of H-pyrrole nitrogens is 2. The van der Waals surface area contributed by atoms with Crippen molar-refractivity contribution in [3.63, 3.8) is 0 Å². The molecule has 6 heterocycles.